The molecule has 19 heavy (non-hydrogen) atoms. The minimum Gasteiger partial charge on any atom is -0.398 e. The summed E-state index contributed by atoms with van der Waals surface area (Å²) in [7, 11) is -1.57. The maximum atomic E-state index is 12.6. The van der Waals surface area contributed by atoms with Crippen molar-refractivity contribution in [1.82, 2.24) is 9.21 Å². The number of piperazine rings is 1. The van der Waals surface area contributed by atoms with E-state index in [1.54, 1.807) is 12.1 Å². The zero-order valence-electron chi connectivity index (χ0n) is 10.4. The van der Waals surface area contributed by atoms with Gasteiger partial charge in [0.2, 0.25) is 10.0 Å². The van der Waals surface area contributed by atoms with Gasteiger partial charge >= 0.3 is 0 Å². The largest absolute Gasteiger partial charge is 0.398 e. The molecule has 1 aromatic carbocycles. The number of anilines is 1. The quantitative estimate of drug-likeness (QED) is 0.751. The van der Waals surface area contributed by atoms with Gasteiger partial charge in [-0.15, -0.1) is 0 Å². The van der Waals surface area contributed by atoms with Crippen molar-refractivity contribution in [3.05, 3.63) is 21.1 Å². The molecule has 1 fully saturated rings. The Morgan fingerprint density at radius 2 is 1.74 bits per heavy atom. The minimum atomic E-state index is -3.55. The Morgan fingerprint density at radius 1 is 1.16 bits per heavy atom. The van der Waals surface area contributed by atoms with Gasteiger partial charge in [0.1, 0.15) is 4.90 Å². The Bertz CT molecular complexity index is 561. The summed E-state index contributed by atoms with van der Waals surface area (Å²) in [6.45, 7) is 2.43. The predicted octanol–water partition coefficient (Wildman–Crippen LogP) is 1.73. The molecule has 1 saturated heterocycles. The normalized spacial score (nSPS) is 18.7. The van der Waals surface area contributed by atoms with E-state index in [0.717, 1.165) is 17.6 Å². The molecule has 1 heterocycles. The molecule has 8 heteroatoms. The first-order chi connectivity index (χ1) is 8.82. The highest BCUT2D eigenvalue weighted by Crippen LogP contribution is 2.33. The van der Waals surface area contributed by atoms with Gasteiger partial charge in [-0.05, 0) is 35.1 Å². The van der Waals surface area contributed by atoms with E-state index in [1.165, 1.54) is 4.31 Å². The fourth-order valence-corrected chi connectivity index (χ4v) is 5.45. The molecule has 0 aliphatic carbocycles. The summed E-state index contributed by atoms with van der Waals surface area (Å²) in [4.78, 5) is 2.26. The van der Waals surface area contributed by atoms with Crippen LogP contribution in [0.25, 0.3) is 0 Å². The van der Waals surface area contributed by atoms with Crippen molar-refractivity contribution in [1.29, 1.82) is 0 Å². The molecule has 2 N–H and O–H groups in total. The maximum absolute atomic E-state index is 12.6. The van der Waals surface area contributed by atoms with E-state index in [4.69, 9.17) is 5.73 Å². The lowest BCUT2D eigenvalue weighted by Crippen LogP contribution is -2.47. The van der Waals surface area contributed by atoms with Gasteiger partial charge in [0.05, 0.1) is 5.69 Å². The molecule has 0 spiro atoms. The van der Waals surface area contributed by atoms with Crippen LogP contribution in [-0.2, 0) is 10.0 Å². The lowest BCUT2D eigenvalue weighted by Gasteiger charge is -2.32. The molecule has 0 aromatic heterocycles. The van der Waals surface area contributed by atoms with Gasteiger partial charge in [-0.2, -0.15) is 4.31 Å². The van der Waals surface area contributed by atoms with Gasteiger partial charge < -0.3 is 10.6 Å². The Kier molecular flexibility index (Phi) is 4.56. The fourth-order valence-electron chi connectivity index (χ4n) is 2.01. The first-order valence-electron chi connectivity index (χ1n) is 5.75. The molecular weight excluding hydrogens is 398 g/mol. The number of likely N-dealkylation sites (N-methyl/N-ethyl adjacent to an activating group) is 1. The number of rotatable bonds is 2. The Labute approximate surface area is 130 Å². The van der Waals surface area contributed by atoms with Crippen molar-refractivity contribution in [3.63, 3.8) is 0 Å². The SMILES string of the molecule is CN1CCN(S(=O)(=O)c2c(N)cc(Br)cc2Br)CC1. The standard InChI is InChI=1S/C11H15Br2N3O2S/c1-15-2-4-16(5-3-15)19(17,18)11-9(13)6-8(12)7-10(11)14/h6-7H,2-5,14H2,1H3. The molecule has 2 rings (SSSR count). The molecule has 1 aliphatic heterocycles. The third kappa shape index (κ3) is 3.13. The summed E-state index contributed by atoms with van der Waals surface area (Å²) < 4.78 is 28.0. The van der Waals surface area contributed by atoms with Gasteiger partial charge in [0, 0.05) is 35.1 Å². The van der Waals surface area contributed by atoms with E-state index in [2.05, 4.69) is 36.8 Å². The van der Waals surface area contributed by atoms with Crippen LogP contribution in [0.2, 0.25) is 0 Å². The molecular formula is C11H15Br2N3O2S. The molecule has 0 atom stereocenters. The van der Waals surface area contributed by atoms with Crippen LogP contribution in [0.4, 0.5) is 5.69 Å². The van der Waals surface area contributed by atoms with Crippen LogP contribution in [0.3, 0.4) is 0 Å². The van der Waals surface area contributed by atoms with Crippen LogP contribution in [0.5, 0.6) is 0 Å². The average Bonchev–Trinajstić information content (AvgIpc) is 2.27. The lowest BCUT2D eigenvalue weighted by molar-refractivity contribution is 0.222. The van der Waals surface area contributed by atoms with Crippen molar-refractivity contribution in [2.45, 2.75) is 4.90 Å². The molecule has 1 aliphatic rings. The second-order valence-corrected chi connectivity index (χ2v) is 8.16. The van der Waals surface area contributed by atoms with Crippen LogP contribution in [-0.4, -0.2) is 50.8 Å². The van der Waals surface area contributed by atoms with Crippen molar-refractivity contribution in [2.75, 3.05) is 39.0 Å². The van der Waals surface area contributed by atoms with Crippen molar-refractivity contribution in [3.8, 4) is 0 Å². The average molecular weight is 413 g/mol. The summed E-state index contributed by atoms with van der Waals surface area (Å²) in [6.07, 6.45) is 0. The number of benzene rings is 1. The fraction of sp³-hybridized carbons (Fsp3) is 0.455. The number of hydrogen-bond acceptors (Lipinski definition) is 4. The van der Waals surface area contributed by atoms with Crippen molar-refractivity contribution >= 4 is 47.6 Å². The topological polar surface area (TPSA) is 66.6 Å². The summed E-state index contributed by atoms with van der Waals surface area (Å²) in [5, 5.41) is 0. The summed E-state index contributed by atoms with van der Waals surface area (Å²) in [5.41, 5.74) is 6.12. The second-order valence-electron chi connectivity index (χ2n) is 4.51. The summed E-state index contributed by atoms with van der Waals surface area (Å²) >= 11 is 6.58. The van der Waals surface area contributed by atoms with Crippen LogP contribution in [0, 0.1) is 0 Å². The molecule has 0 saturated carbocycles. The minimum absolute atomic E-state index is 0.153. The summed E-state index contributed by atoms with van der Waals surface area (Å²) in [5.74, 6) is 0. The zero-order chi connectivity index (χ0) is 14.2. The molecule has 0 bridgehead atoms. The number of nitrogen functional groups attached to an aromatic ring is 1. The maximum Gasteiger partial charge on any atom is 0.246 e. The number of hydrogen-bond donors (Lipinski definition) is 1. The number of halogens is 2. The third-order valence-electron chi connectivity index (χ3n) is 3.10. The smallest absolute Gasteiger partial charge is 0.246 e. The Balaban J connectivity index is 2.40. The zero-order valence-corrected chi connectivity index (χ0v) is 14.4. The van der Waals surface area contributed by atoms with Gasteiger partial charge in [0.15, 0.2) is 0 Å². The van der Waals surface area contributed by atoms with Crippen LogP contribution in [0.1, 0.15) is 0 Å². The van der Waals surface area contributed by atoms with Crippen molar-refractivity contribution < 1.29 is 8.42 Å². The van der Waals surface area contributed by atoms with E-state index in [0.29, 0.717) is 17.6 Å². The number of nitrogens with zero attached hydrogens (tertiary/aromatic N) is 2. The summed E-state index contributed by atoms with van der Waals surface area (Å²) in [6, 6.07) is 3.30. The van der Waals surface area contributed by atoms with Crippen LogP contribution in [0.15, 0.2) is 26.0 Å². The highest BCUT2D eigenvalue weighted by molar-refractivity contribution is 9.11. The highest BCUT2D eigenvalue weighted by Gasteiger charge is 2.31. The van der Waals surface area contributed by atoms with Crippen LogP contribution < -0.4 is 5.73 Å². The van der Waals surface area contributed by atoms with E-state index < -0.39 is 10.0 Å². The van der Waals surface area contributed by atoms with E-state index in [1.807, 2.05) is 7.05 Å². The number of sulfonamides is 1. The highest BCUT2D eigenvalue weighted by atomic mass is 79.9. The lowest BCUT2D eigenvalue weighted by atomic mass is 10.3. The molecule has 5 nitrogen and oxygen atoms in total. The van der Waals surface area contributed by atoms with Gasteiger partial charge in [-0.1, -0.05) is 15.9 Å². The Morgan fingerprint density at radius 3 is 2.26 bits per heavy atom. The molecule has 1 aromatic rings. The molecule has 0 radical (unpaired) electrons. The van der Waals surface area contributed by atoms with Gasteiger partial charge in [-0.3, -0.25) is 0 Å². The molecule has 0 unspecified atom stereocenters. The van der Waals surface area contributed by atoms with Gasteiger partial charge in [-0.25, -0.2) is 8.42 Å². The van der Waals surface area contributed by atoms with E-state index in [-0.39, 0.29) is 10.6 Å². The number of nitrogens with two attached hydrogens (primary N) is 1. The first-order valence-corrected chi connectivity index (χ1v) is 8.78. The second kappa shape index (κ2) is 5.69. The predicted molar refractivity (Wildman–Crippen MR) is 82.5 cm³/mol. The Hall–Kier alpha value is -0.150. The van der Waals surface area contributed by atoms with Crippen LogP contribution >= 0.6 is 31.9 Å². The molecule has 106 valence electrons. The van der Waals surface area contributed by atoms with E-state index in [9.17, 15) is 8.42 Å². The molecule has 0 amide bonds. The van der Waals surface area contributed by atoms with Crippen molar-refractivity contribution in [2.24, 2.45) is 0 Å². The third-order valence-corrected chi connectivity index (χ3v) is 6.46. The first kappa shape index (κ1) is 15.2. The van der Waals surface area contributed by atoms with E-state index >= 15 is 0 Å². The monoisotopic (exact) mass is 411 g/mol. The van der Waals surface area contributed by atoms with Gasteiger partial charge in [0.25, 0.3) is 0 Å².